The molecule has 1 N–H and O–H groups in total. The predicted octanol–water partition coefficient (Wildman–Crippen LogP) is 4.35. The standard InChI is InChI=1S/C26H26ClN3O3S/c1-13-5-15(27)6-20(19(13)7-16-10-29-14(2)12-33-16)18-3-4-28-23-8-17(34-24(18)23)11-30-25(31)21-9-22(21)26(30)32/h3-6,8,14,16,21-22,29H,7,9-12H2,1-2H3. The topological polar surface area (TPSA) is 71.5 Å². The van der Waals surface area contributed by atoms with Gasteiger partial charge in [-0.3, -0.25) is 19.5 Å². The summed E-state index contributed by atoms with van der Waals surface area (Å²) in [6.07, 6.45) is 3.43. The first-order valence-electron chi connectivity index (χ1n) is 11.8. The van der Waals surface area contributed by atoms with Crippen LogP contribution in [-0.4, -0.2) is 47.0 Å². The van der Waals surface area contributed by atoms with Gasteiger partial charge in [0.15, 0.2) is 0 Å². The van der Waals surface area contributed by atoms with Crippen LogP contribution in [0.15, 0.2) is 30.5 Å². The first-order valence-corrected chi connectivity index (χ1v) is 13.0. The highest BCUT2D eigenvalue weighted by Crippen LogP contribution is 2.48. The molecule has 0 bridgehead atoms. The van der Waals surface area contributed by atoms with Crippen LogP contribution >= 0.6 is 22.9 Å². The smallest absolute Gasteiger partial charge is 0.233 e. The van der Waals surface area contributed by atoms with Crippen molar-refractivity contribution in [3.05, 3.63) is 51.5 Å². The summed E-state index contributed by atoms with van der Waals surface area (Å²) in [5, 5.41) is 4.20. The Morgan fingerprint density at radius 2 is 2.00 bits per heavy atom. The zero-order valence-electron chi connectivity index (χ0n) is 19.1. The minimum Gasteiger partial charge on any atom is -0.375 e. The lowest BCUT2D eigenvalue weighted by Crippen LogP contribution is -2.45. The number of pyridine rings is 1. The number of carbonyl (C=O) groups is 2. The van der Waals surface area contributed by atoms with Crippen molar-refractivity contribution in [2.75, 3.05) is 13.2 Å². The van der Waals surface area contributed by atoms with Crippen LogP contribution < -0.4 is 5.32 Å². The number of benzene rings is 1. The fraction of sp³-hybridized carbons (Fsp3) is 0.423. The lowest BCUT2D eigenvalue weighted by Gasteiger charge is -2.29. The van der Waals surface area contributed by atoms with Crippen molar-refractivity contribution in [1.29, 1.82) is 0 Å². The fourth-order valence-corrected chi connectivity index (χ4v) is 6.62. The third-order valence-electron chi connectivity index (χ3n) is 7.17. The Balaban J connectivity index is 1.36. The summed E-state index contributed by atoms with van der Waals surface area (Å²) in [5.74, 6) is -0.202. The number of ether oxygens (including phenoxy) is 1. The van der Waals surface area contributed by atoms with E-state index < -0.39 is 0 Å². The number of aryl methyl sites for hydroxylation is 1. The molecule has 8 heteroatoms. The molecule has 3 fully saturated rings. The molecule has 2 aliphatic heterocycles. The zero-order chi connectivity index (χ0) is 23.6. The van der Waals surface area contributed by atoms with Crippen molar-refractivity contribution in [3.8, 4) is 11.1 Å². The van der Waals surface area contributed by atoms with E-state index in [9.17, 15) is 9.59 Å². The van der Waals surface area contributed by atoms with Crippen LogP contribution in [-0.2, 0) is 27.3 Å². The van der Waals surface area contributed by atoms with E-state index in [0.717, 1.165) is 51.2 Å². The molecular weight excluding hydrogens is 470 g/mol. The van der Waals surface area contributed by atoms with Crippen LogP contribution in [0.4, 0.5) is 0 Å². The molecule has 34 heavy (non-hydrogen) atoms. The summed E-state index contributed by atoms with van der Waals surface area (Å²) >= 11 is 8.11. The Kier molecular flexibility index (Phi) is 5.48. The number of halogens is 1. The van der Waals surface area contributed by atoms with E-state index in [4.69, 9.17) is 16.3 Å². The molecule has 0 radical (unpaired) electrons. The van der Waals surface area contributed by atoms with Crippen LogP contribution in [0.5, 0.6) is 0 Å². The first kappa shape index (κ1) is 22.2. The van der Waals surface area contributed by atoms with E-state index >= 15 is 0 Å². The van der Waals surface area contributed by atoms with Crippen molar-refractivity contribution < 1.29 is 14.3 Å². The number of piperidine rings is 1. The van der Waals surface area contributed by atoms with Crippen LogP contribution in [0.1, 0.15) is 29.3 Å². The van der Waals surface area contributed by atoms with Gasteiger partial charge in [-0.1, -0.05) is 11.6 Å². The lowest BCUT2D eigenvalue weighted by atomic mass is 9.92. The second kappa shape index (κ2) is 8.41. The Labute approximate surface area is 207 Å². The summed E-state index contributed by atoms with van der Waals surface area (Å²) in [5.41, 5.74) is 5.38. The zero-order valence-corrected chi connectivity index (χ0v) is 20.7. The monoisotopic (exact) mass is 495 g/mol. The minimum absolute atomic E-state index is 0.0243. The normalized spacial score (nSPS) is 26.4. The molecule has 1 aliphatic carbocycles. The average molecular weight is 496 g/mol. The summed E-state index contributed by atoms with van der Waals surface area (Å²) < 4.78 is 7.14. The number of nitrogens with zero attached hydrogens (tertiary/aromatic N) is 2. The maximum absolute atomic E-state index is 12.5. The fourth-order valence-electron chi connectivity index (χ4n) is 5.21. The van der Waals surface area contributed by atoms with Crippen LogP contribution in [0.3, 0.4) is 0 Å². The van der Waals surface area contributed by atoms with E-state index in [2.05, 4.69) is 24.1 Å². The molecule has 6 nitrogen and oxygen atoms in total. The highest BCUT2D eigenvalue weighted by atomic mass is 35.5. The number of aromatic nitrogens is 1. The Morgan fingerprint density at radius 3 is 2.74 bits per heavy atom. The van der Waals surface area contributed by atoms with Crippen molar-refractivity contribution in [1.82, 2.24) is 15.2 Å². The summed E-state index contributed by atoms with van der Waals surface area (Å²) in [6, 6.07) is 8.43. The number of rotatable bonds is 5. The number of imide groups is 1. The van der Waals surface area contributed by atoms with Crippen molar-refractivity contribution in [2.24, 2.45) is 11.8 Å². The maximum Gasteiger partial charge on any atom is 0.233 e. The van der Waals surface area contributed by atoms with Gasteiger partial charge in [0.25, 0.3) is 0 Å². The van der Waals surface area contributed by atoms with E-state index in [1.807, 2.05) is 30.5 Å². The Bertz CT molecular complexity index is 1290. The van der Waals surface area contributed by atoms with Crippen LogP contribution in [0, 0.1) is 18.8 Å². The van der Waals surface area contributed by atoms with Gasteiger partial charge in [0, 0.05) is 40.7 Å². The highest BCUT2D eigenvalue weighted by Gasteiger charge is 2.58. The largest absolute Gasteiger partial charge is 0.375 e. The Hall–Kier alpha value is -2.32. The molecule has 176 valence electrons. The van der Waals surface area contributed by atoms with E-state index in [1.54, 1.807) is 11.3 Å². The molecular formula is C26H26ClN3O3S. The number of hydrogen-bond donors (Lipinski definition) is 1. The van der Waals surface area contributed by atoms with Gasteiger partial charge in [0.05, 0.1) is 41.3 Å². The molecule has 2 aromatic heterocycles. The van der Waals surface area contributed by atoms with Gasteiger partial charge in [-0.2, -0.15) is 0 Å². The second-order valence-electron chi connectivity index (χ2n) is 9.71. The molecule has 2 saturated heterocycles. The van der Waals surface area contributed by atoms with E-state index in [0.29, 0.717) is 24.2 Å². The molecule has 1 aromatic carbocycles. The minimum atomic E-state index is -0.0768. The van der Waals surface area contributed by atoms with Crippen LogP contribution in [0.25, 0.3) is 21.3 Å². The first-order chi connectivity index (χ1) is 16.4. The van der Waals surface area contributed by atoms with E-state index in [-0.39, 0.29) is 29.8 Å². The number of carbonyl (C=O) groups excluding carboxylic acids is 2. The molecule has 3 aromatic rings. The number of nitrogens with one attached hydrogen (secondary N) is 1. The molecule has 2 amide bonds. The van der Waals surface area contributed by atoms with Gasteiger partial charge >= 0.3 is 0 Å². The summed E-state index contributed by atoms with van der Waals surface area (Å²) in [4.78, 5) is 31.9. The van der Waals surface area contributed by atoms with Crippen molar-refractivity contribution in [2.45, 2.75) is 45.4 Å². The summed E-state index contributed by atoms with van der Waals surface area (Å²) in [7, 11) is 0. The molecule has 4 heterocycles. The Morgan fingerprint density at radius 1 is 1.21 bits per heavy atom. The van der Waals surface area contributed by atoms with Gasteiger partial charge in [-0.05, 0) is 61.2 Å². The van der Waals surface area contributed by atoms with Gasteiger partial charge in [-0.25, -0.2) is 0 Å². The summed E-state index contributed by atoms with van der Waals surface area (Å²) in [6.45, 7) is 6.07. The van der Waals surface area contributed by atoms with Gasteiger partial charge < -0.3 is 10.1 Å². The number of hydrogen-bond acceptors (Lipinski definition) is 6. The molecule has 0 spiro atoms. The number of fused-ring (bicyclic) bond motifs is 2. The average Bonchev–Trinajstić information content (AvgIpc) is 3.45. The third-order valence-corrected chi connectivity index (χ3v) is 8.53. The van der Waals surface area contributed by atoms with Gasteiger partial charge in [-0.15, -0.1) is 11.3 Å². The second-order valence-corrected chi connectivity index (χ2v) is 11.3. The molecule has 4 atom stereocenters. The van der Waals surface area contributed by atoms with Gasteiger partial charge in [0.1, 0.15) is 0 Å². The van der Waals surface area contributed by atoms with Crippen molar-refractivity contribution in [3.63, 3.8) is 0 Å². The number of amides is 2. The van der Waals surface area contributed by atoms with Crippen molar-refractivity contribution >= 4 is 45.0 Å². The SMILES string of the molecule is Cc1cc(Cl)cc(-c2ccnc3cc(CN4C(=O)C5CC5C4=O)sc23)c1CC1CNC(C)CO1. The quantitative estimate of drug-likeness (QED) is 0.533. The molecule has 3 aliphatic rings. The molecule has 4 unspecified atom stereocenters. The number of likely N-dealkylation sites (tertiary alicyclic amines) is 1. The lowest BCUT2D eigenvalue weighted by molar-refractivity contribution is -0.141. The highest BCUT2D eigenvalue weighted by molar-refractivity contribution is 7.19. The van der Waals surface area contributed by atoms with Gasteiger partial charge in [0.2, 0.25) is 11.8 Å². The predicted molar refractivity (Wildman–Crippen MR) is 133 cm³/mol. The van der Waals surface area contributed by atoms with E-state index in [1.165, 1.54) is 10.5 Å². The molecule has 6 rings (SSSR count). The maximum atomic E-state index is 12.5. The third kappa shape index (κ3) is 3.85. The number of thiophene rings is 1. The number of morpholine rings is 1. The molecule has 1 saturated carbocycles. The van der Waals surface area contributed by atoms with Crippen LogP contribution in [0.2, 0.25) is 5.02 Å².